The van der Waals surface area contributed by atoms with Crippen LogP contribution in [0.15, 0.2) is 18.2 Å². The molecule has 2 rings (SSSR count). The maximum Gasteiger partial charge on any atom is 0.255 e. The second kappa shape index (κ2) is 6.35. The average molecular weight is 292 g/mol. The highest BCUT2D eigenvalue weighted by Gasteiger charge is 2.38. The third-order valence-electron chi connectivity index (χ3n) is 4.64. The highest BCUT2D eigenvalue weighted by atomic mass is 16.5. The van der Waals surface area contributed by atoms with Crippen molar-refractivity contribution in [3.05, 3.63) is 23.8 Å². The van der Waals surface area contributed by atoms with Crippen molar-refractivity contribution in [3.63, 3.8) is 0 Å². The number of carbonyl (C=O) groups is 1. The number of para-hydroxylation sites is 1. The zero-order valence-electron chi connectivity index (χ0n) is 12.7. The van der Waals surface area contributed by atoms with Gasteiger partial charge in [0.15, 0.2) is 11.5 Å². The Labute approximate surface area is 125 Å². The highest BCUT2D eigenvalue weighted by molar-refractivity contribution is 5.98. The predicted molar refractivity (Wildman–Crippen MR) is 81.5 cm³/mol. The van der Waals surface area contributed by atoms with E-state index in [4.69, 9.17) is 10.5 Å². The minimum atomic E-state index is -0.384. The van der Waals surface area contributed by atoms with Gasteiger partial charge in [0.25, 0.3) is 5.91 Å². The fourth-order valence-electron chi connectivity index (χ4n) is 3.12. The van der Waals surface area contributed by atoms with Crippen LogP contribution in [0, 0.1) is 5.92 Å². The molecule has 21 heavy (non-hydrogen) atoms. The molecule has 0 radical (unpaired) electrons. The first kappa shape index (κ1) is 15.6. The molecule has 1 aliphatic rings. The Morgan fingerprint density at radius 3 is 2.90 bits per heavy atom. The molecule has 5 heteroatoms. The van der Waals surface area contributed by atoms with Crippen LogP contribution in [0.3, 0.4) is 0 Å². The number of carbonyl (C=O) groups excluding carboxylic acids is 1. The lowest BCUT2D eigenvalue weighted by Gasteiger charge is -2.42. The number of amides is 1. The summed E-state index contributed by atoms with van der Waals surface area (Å²) in [5.41, 5.74) is 5.79. The first-order valence-electron chi connectivity index (χ1n) is 7.42. The molecule has 116 valence electrons. The van der Waals surface area contributed by atoms with Crippen LogP contribution in [-0.4, -0.2) is 30.2 Å². The van der Waals surface area contributed by atoms with E-state index in [0.29, 0.717) is 18.2 Å². The number of hydrogen-bond donors (Lipinski definition) is 3. The molecule has 0 heterocycles. The van der Waals surface area contributed by atoms with Gasteiger partial charge in [-0.15, -0.1) is 0 Å². The van der Waals surface area contributed by atoms with Crippen LogP contribution >= 0.6 is 0 Å². The van der Waals surface area contributed by atoms with Gasteiger partial charge in [0, 0.05) is 6.54 Å². The van der Waals surface area contributed by atoms with Crippen LogP contribution in [0.25, 0.3) is 0 Å². The lowest BCUT2D eigenvalue weighted by molar-refractivity contribution is 0.0809. The van der Waals surface area contributed by atoms with Crippen molar-refractivity contribution >= 4 is 5.91 Å². The molecule has 0 spiro atoms. The fraction of sp³-hybridized carbons (Fsp3) is 0.562. The molecule has 4 N–H and O–H groups in total. The van der Waals surface area contributed by atoms with Crippen LogP contribution in [0.5, 0.6) is 11.5 Å². The monoisotopic (exact) mass is 292 g/mol. The summed E-state index contributed by atoms with van der Waals surface area (Å²) in [6.45, 7) is 2.53. The summed E-state index contributed by atoms with van der Waals surface area (Å²) in [4.78, 5) is 12.5. The molecule has 0 aliphatic heterocycles. The van der Waals surface area contributed by atoms with Crippen molar-refractivity contribution in [2.45, 2.75) is 38.1 Å². The second-order valence-electron chi connectivity index (χ2n) is 5.82. The lowest BCUT2D eigenvalue weighted by atomic mass is 9.73. The molecule has 2 unspecified atom stereocenters. The Hall–Kier alpha value is -1.75. The number of nitrogens with one attached hydrogen (secondary N) is 1. The number of aromatic hydroxyl groups is 1. The van der Waals surface area contributed by atoms with E-state index in [0.717, 1.165) is 19.3 Å². The number of ether oxygens (including phenoxy) is 1. The fourth-order valence-corrected chi connectivity index (χ4v) is 3.12. The van der Waals surface area contributed by atoms with E-state index in [1.54, 1.807) is 18.2 Å². The van der Waals surface area contributed by atoms with Gasteiger partial charge in [0.2, 0.25) is 0 Å². The SMILES string of the molecule is COc1cccc(C(=O)NC2(CN)CCCCC2C)c1O. The van der Waals surface area contributed by atoms with E-state index in [-0.39, 0.29) is 22.8 Å². The van der Waals surface area contributed by atoms with Crippen molar-refractivity contribution in [3.8, 4) is 11.5 Å². The summed E-state index contributed by atoms with van der Waals surface area (Å²) in [5.74, 6) is 0.188. The number of rotatable bonds is 4. The van der Waals surface area contributed by atoms with Crippen molar-refractivity contribution in [1.82, 2.24) is 5.32 Å². The molecule has 1 amide bonds. The number of benzene rings is 1. The number of nitrogens with two attached hydrogens (primary N) is 1. The normalized spacial score (nSPS) is 25.4. The van der Waals surface area contributed by atoms with E-state index in [1.165, 1.54) is 13.5 Å². The van der Waals surface area contributed by atoms with Gasteiger partial charge in [0.1, 0.15) is 0 Å². The van der Waals surface area contributed by atoms with Gasteiger partial charge in [-0.3, -0.25) is 4.79 Å². The minimum absolute atomic E-state index is 0.131. The molecular weight excluding hydrogens is 268 g/mol. The number of phenolic OH excluding ortho intramolecular Hbond substituents is 1. The summed E-state index contributed by atoms with van der Waals surface area (Å²) in [6, 6.07) is 4.89. The average Bonchev–Trinajstić information content (AvgIpc) is 2.49. The Morgan fingerprint density at radius 1 is 1.52 bits per heavy atom. The molecule has 1 aromatic rings. The Bertz CT molecular complexity index is 518. The highest BCUT2D eigenvalue weighted by Crippen LogP contribution is 2.34. The third-order valence-corrected chi connectivity index (χ3v) is 4.64. The van der Waals surface area contributed by atoms with Gasteiger partial charge in [-0.1, -0.05) is 25.8 Å². The van der Waals surface area contributed by atoms with Crippen molar-refractivity contribution in [2.24, 2.45) is 11.7 Å². The summed E-state index contributed by atoms with van der Waals surface area (Å²) in [7, 11) is 1.46. The van der Waals surface area contributed by atoms with Gasteiger partial charge >= 0.3 is 0 Å². The summed E-state index contributed by atoms with van der Waals surface area (Å²) < 4.78 is 5.04. The summed E-state index contributed by atoms with van der Waals surface area (Å²) >= 11 is 0. The Morgan fingerprint density at radius 2 is 2.29 bits per heavy atom. The number of hydrogen-bond acceptors (Lipinski definition) is 4. The molecule has 0 aromatic heterocycles. The number of phenols is 1. The zero-order chi connectivity index (χ0) is 15.5. The van der Waals surface area contributed by atoms with E-state index in [2.05, 4.69) is 12.2 Å². The van der Waals surface area contributed by atoms with Gasteiger partial charge in [0.05, 0.1) is 18.2 Å². The number of methoxy groups -OCH3 is 1. The molecule has 0 saturated heterocycles. The molecule has 1 fully saturated rings. The van der Waals surface area contributed by atoms with E-state index in [1.807, 2.05) is 0 Å². The zero-order valence-corrected chi connectivity index (χ0v) is 12.7. The van der Waals surface area contributed by atoms with Crippen molar-refractivity contribution in [2.75, 3.05) is 13.7 Å². The molecule has 1 aliphatic carbocycles. The lowest BCUT2D eigenvalue weighted by Crippen LogP contribution is -2.59. The molecular formula is C16H24N2O3. The Balaban J connectivity index is 2.24. The van der Waals surface area contributed by atoms with Gasteiger partial charge in [-0.25, -0.2) is 0 Å². The van der Waals surface area contributed by atoms with Crippen LogP contribution in [-0.2, 0) is 0 Å². The Kier molecular flexibility index (Phi) is 4.73. The second-order valence-corrected chi connectivity index (χ2v) is 5.82. The molecule has 0 bridgehead atoms. The van der Waals surface area contributed by atoms with Crippen molar-refractivity contribution < 1.29 is 14.6 Å². The largest absolute Gasteiger partial charge is 0.504 e. The predicted octanol–water partition coefficient (Wildman–Crippen LogP) is 2.04. The smallest absolute Gasteiger partial charge is 0.255 e. The van der Waals surface area contributed by atoms with Crippen LogP contribution < -0.4 is 15.8 Å². The van der Waals surface area contributed by atoms with E-state index in [9.17, 15) is 9.90 Å². The molecule has 1 aromatic carbocycles. The molecule has 2 atom stereocenters. The van der Waals surface area contributed by atoms with E-state index < -0.39 is 0 Å². The topological polar surface area (TPSA) is 84.6 Å². The molecule has 1 saturated carbocycles. The maximum absolute atomic E-state index is 12.5. The van der Waals surface area contributed by atoms with Crippen molar-refractivity contribution in [1.29, 1.82) is 0 Å². The minimum Gasteiger partial charge on any atom is -0.504 e. The van der Waals surface area contributed by atoms with Gasteiger partial charge in [-0.05, 0) is 30.9 Å². The first-order chi connectivity index (χ1) is 10.0. The van der Waals surface area contributed by atoms with Gasteiger partial charge < -0.3 is 20.9 Å². The van der Waals surface area contributed by atoms with Gasteiger partial charge in [-0.2, -0.15) is 0 Å². The van der Waals surface area contributed by atoms with Crippen LogP contribution in [0.4, 0.5) is 0 Å². The summed E-state index contributed by atoms with van der Waals surface area (Å²) in [6.07, 6.45) is 4.16. The van der Waals surface area contributed by atoms with E-state index >= 15 is 0 Å². The third kappa shape index (κ3) is 2.97. The van der Waals surface area contributed by atoms with Crippen LogP contribution in [0.1, 0.15) is 43.0 Å². The maximum atomic E-state index is 12.5. The van der Waals surface area contributed by atoms with Crippen LogP contribution in [0.2, 0.25) is 0 Å². The molecule has 5 nitrogen and oxygen atoms in total. The quantitative estimate of drug-likeness (QED) is 0.793. The summed E-state index contributed by atoms with van der Waals surface area (Å²) in [5, 5.41) is 13.2. The first-order valence-corrected chi connectivity index (χ1v) is 7.42. The standard InChI is InChI=1S/C16H24N2O3/c1-11-6-3-4-9-16(11,10-17)18-15(20)12-7-5-8-13(21-2)14(12)19/h5,7-8,11,19H,3-4,6,9-10,17H2,1-2H3,(H,18,20).